The fraction of sp³-hybridized carbons (Fsp3) is 0.467. The van der Waals surface area contributed by atoms with Gasteiger partial charge in [0.1, 0.15) is 0 Å². The van der Waals surface area contributed by atoms with Gasteiger partial charge in [0.25, 0.3) is 0 Å². The van der Waals surface area contributed by atoms with Crippen molar-refractivity contribution in [3.8, 4) is 0 Å². The maximum atomic E-state index is 2.50. The van der Waals surface area contributed by atoms with E-state index in [1.165, 1.54) is 11.3 Å². The van der Waals surface area contributed by atoms with Crippen LogP contribution in [0, 0.1) is 0 Å². The lowest BCUT2D eigenvalue weighted by Crippen LogP contribution is -2.54. The van der Waals surface area contributed by atoms with Gasteiger partial charge in [-0.3, -0.25) is 0 Å². The molecule has 0 bridgehead atoms. The third-order valence-corrected chi connectivity index (χ3v) is 3.10. The molecule has 1 aromatic rings. The van der Waals surface area contributed by atoms with Crippen LogP contribution in [0.1, 0.15) is 40.2 Å². The van der Waals surface area contributed by atoms with Gasteiger partial charge in [-0.05, 0) is 46.2 Å². The van der Waals surface area contributed by atoms with Gasteiger partial charge in [-0.25, -0.2) is 0 Å². The summed E-state index contributed by atoms with van der Waals surface area (Å²) < 4.78 is 0. The summed E-state index contributed by atoms with van der Waals surface area (Å²) >= 11 is 0. The minimum absolute atomic E-state index is 0.0760. The Balaban J connectivity index is 2.60. The average molecular weight is 215 g/mol. The summed E-state index contributed by atoms with van der Waals surface area (Å²) in [6.45, 7) is 11.3. The number of hydrogen-bond acceptors (Lipinski definition) is 1. The molecule has 0 amide bonds. The van der Waals surface area contributed by atoms with Gasteiger partial charge in [-0.2, -0.15) is 0 Å². The van der Waals surface area contributed by atoms with Crippen LogP contribution in [0.4, 0.5) is 5.69 Å². The summed E-state index contributed by atoms with van der Waals surface area (Å²) in [4.78, 5) is 2.50. The van der Waals surface area contributed by atoms with E-state index < -0.39 is 0 Å². The predicted octanol–water partition coefficient (Wildman–Crippen LogP) is 4.10. The van der Waals surface area contributed by atoms with E-state index >= 15 is 0 Å². The fourth-order valence-corrected chi connectivity index (χ4v) is 2.74. The third kappa shape index (κ3) is 1.75. The second-order valence-corrected chi connectivity index (χ2v) is 6.05. The first-order chi connectivity index (χ1) is 7.32. The summed E-state index contributed by atoms with van der Waals surface area (Å²) in [5.41, 5.74) is 2.86. The van der Waals surface area contributed by atoms with Crippen LogP contribution in [-0.4, -0.2) is 11.1 Å². The van der Waals surface area contributed by atoms with Crippen molar-refractivity contribution in [1.29, 1.82) is 0 Å². The van der Waals surface area contributed by atoms with Gasteiger partial charge in [0, 0.05) is 11.2 Å². The summed E-state index contributed by atoms with van der Waals surface area (Å²) in [6, 6.07) is 8.61. The Kier molecular flexibility index (Phi) is 2.37. The molecule has 0 radical (unpaired) electrons. The van der Waals surface area contributed by atoms with Gasteiger partial charge >= 0.3 is 0 Å². The van der Waals surface area contributed by atoms with Gasteiger partial charge in [-0.1, -0.05) is 30.4 Å². The molecule has 2 rings (SSSR count). The number of fused-ring (bicyclic) bond motifs is 1. The third-order valence-electron chi connectivity index (χ3n) is 3.10. The van der Waals surface area contributed by atoms with Crippen LogP contribution in [0.2, 0.25) is 0 Å². The fourth-order valence-electron chi connectivity index (χ4n) is 2.74. The number of rotatable bonds is 0. The lowest BCUT2D eigenvalue weighted by Gasteiger charge is -2.50. The Bertz CT molecular complexity index is 421. The molecule has 0 aliphatic carbocycles. The molecule has 0 spiro atoms. The van der Waals surface area contributed by atoms with Crippen molar-refractivity contribution in [3.05, 3.63) is 35.9 Å². The van der Waals surface area contributed by atoms with E-state index in [-0.39, 0.29) is 11.1 Å². The molecule has 86 valence electrons. The van der Waals surface area contributed by atoms with E-state index in [2.05, 4.69) is 75.9 Å². The van der Waals surface area contributed by atoms with Crippen LogP contribution in [0.25, 0.3) is 6.08 Å². The van der Waals surface area contributed by atoms with Crippen LogP contribution in [0.3, 0.4) is 0 Å². The highest BCUT2D eigenvalue weighted by Gasteiger charge is 2.36. The van der Waals surface area contributed by atoms with Gasteiger partial charge in [0.2, 0.25) is 0 Å². The van der Waals surface area contributed by atoms with E-state index in [1.807, 2.05) is 0 Å². The van der Waals surface area contributed by atoms with Crippen molar-refractivity contribution in [2.75, 3.05) is 4.90 Å². The van der Waals surface area contributed by atoms with Crippen LogP contribution in [-0.2, 0) is 0 Å². The summed E-state index contributed by atoms with van der Waals surface area (Å²) in [5, 5.41) is 0. The van der Waals surface area contributed by atoms with Gasteiger partial charge in [-0.15, -0.1) is 0 Å². The van der Waals surface area contributed by atoms with Crippen molar-refractivity contribution < 1.29 is 0 Å². The molecular formula is C15H21N. The molecule has 1 heterocycles. The zero-order valence-electron chi connectivity index (χ0n) is 10.9. The van der Waals surface area contributed by atoms with E-state index in [0.717, 1.165) is 0 Å². The Morgan fingerprint density at radius 1 is 1.06 bits per heavy atom. The Morgan fingerprint density at radius 2 is 1.69 bits per heavy atom. The highest BCUT2D eigenvalue weighted by molar-refractivity contribution is 5.74. The second-order valence-electron chi connectivity index (χ2n) is 6.05. The van der Waals surface area contributed by atoms with Crippen LogP contribution < -0.4 is 4.90 Å². The molecule has 1 aliphatic heterocycles. The van der Waals surface area contributed by atoms with E-state index in [9.17, 15) is 0 Å². The maximum absolute atomic E-state index is 2.50. The minimum Gasteiger partial charge on any atom is -0.358 e. The topological polar surface area (TPSA) is 3.24 Å². The Hall–Kier alpha value is -1.24. The Labute approximate surface area is 98.8 Å². The van der Waals surface area contributed by atoms with Crippen molar-refractivity contribution in [2.45, 2.75) is 45.7 Å². The largest absolute Gasteiger partial charge is 0.358 e. The van der Waals surface area contributed by atoms with Gasteiger partial charge in [0.05, 0.1) is 5.54 Å². The first-order valence-electron chi connectivity index (χ1n) is 5.91. The molecule has 16 heavy (non-hydrogen) atoms. The molecule has 0 fully saturated rings. The van der Waals surface area contributed by atoms with Crippen LogP contribution in [0.15, 0.2) is 30.3 Å². The van der Waals surface area contributed by atoms with E-state index in [4.69, 9.17) is 0 Å². The van der Waals surface area contributed by atoms with Crippen molar-refractivity contribution in [3.63, 3.8) is 0 Å². The van der Waals surface area contributed by atoms with E-state index in [1.54, 1.807) is 0 Å². The van der Waals surface area contributed by atoms with Crippen LogP contribution in [0.5, 0.6) is 0 Å². The maximum Gasteiger partial charge on any atom is 0.0537 e. The summed E-state index contributed by atoms with van der Waals surface area (Å²) in [5.74, 6) is 0. The molecular weight excluding hydrogens is 194 g/mol. The standard InChI is InChI=1S/C15H21N/c1-14(2,3)16-13-9-7-6-8-12(13)10-11-15(16,4)5/h6-11H,1-5H3. The molecule has 0 unspecified atom stereocenters. The molecule has 1 aromatic carbocycles. The first-order valence-corrected chi connectivity index (χ1v) is 5.91. The SMILES string of the molecule is CC(C)(C)N1c2ccccc2C=CC1(C)C. The second kappa shape index (κ2) is 3.38. The zero-order chi connectivity index (χ0) is 12.0. The Morgan fingerprint density at radius 3 is 2.31 bits per heavy atom. The molecule has 0 saturated carbocycles. The smallest absolute Gasteiger partial charge is 0.0537 e. The highest BCUT2D eigenvalue weighted by Crippen LogP contribution is 2.39. The summed E-state index contributed by atoms with van der Waals surface area (Å²) in [7, 11) is 0. The number of para-hydroxylation sites is 1. The number of benzene rings is 1. The quantitative estimate of drug-likeness (QED) is 0.630. The lowest BCUT2D eigenvalue weighted by atomic mass is 9.88. The summed E-state index contributed by atoms with van der Waals surface area (Å²) in [6.07, 6.45) is 4.53. The lowest BCUT2D eigenvalue weighted by molar-refractivity contribution is 0.408. The highest BCUT2D eigenvalue weighted by atomic mass is 15.2. The average Bonchev–Trinajstić information content (AvgIpc) is 2.14. The minimum atomic E-state index is 0.0760. The number of anilines is 1. The van der Waals surface area contributed by atoms with E-state index in [0.29, 0.717) is 0 Å². The zero-order valence-corrected chi connectivity index (χ0v) is 10.9. The monoisotopic (exact) mass is 215 g/mol. The van der Waals surface area contributed by atoms with Crippen molar-refractivity contribution >= 4 is 11.8 Å². The first kappa shape index (κ1) is 11.3. The van der Waals surface area contributed by atoms with Crippen molar-refractivity contribution in [2.24, 2.45) is 0 Å². The molecule has 0 atom stereocenters. The molecule has 0 aromatic heterocycles. The molecule has 1 heteroatoms. The molecule has 1 nitrogen and oxygen atoms in total. The van der Waals surface area contributed by atoms with Gasteiger partial charge in [0.15, 0.2) is 0 Å². The van der Waals surface area contributed by atoms with Crippen LogP contribution >= 0.6 is 0 Å². The molecule has 0 N–H and O–H groups in total. The number of hydrogen-bond donors (Lipinski definition) is 0. The van der Waals surface area contributed by atoms with Gasteiger partial charge < -0.3 is 4.90 Å². The predicted molar refractivity (Wildman–Crippen MR) is 71.8 cm³/mol. The normalized spacial score (nSPS) is 18.4. The molecule has 0 saturated heterocycles. The van der Waals surface area contributed by atoms with Crippen molar-refractivity contribution in [1.82, 2.24) is 0 Å². The number of nitrogens with zero attached hydrogens (tertiary/aromatic N) is 1. The molecule has 1 aliphatic rings.